The molecule has 0 amide bonds. The molecule has 0 saturated heterocycles. The summed E-state index contributed by atoms with van der Waals surface area (Å²) in [5, 5.41) is 10.5. The van der Waals surface area contributed by atoms with Gasteiger partial charge in [0.1, 0.15) is 11.6 Å². The van der Waals surface area contributed by atoms with Gasteiger partial charge in [-0.2, -0.15) is 4.39 Å². The van der Waals surface area contributed by atoms with Crippen molar-refractivity contribution in [1.82, 2.24) is 0 Å². The summed E-state index contributed by atoms with van der Waals surface area (Å²) in [4.78, 5) is 9.74. The zero-order valence-electron chi connectivity index (χ0n) is 9.98. The molecule has 0 saturated carbocycles. The van der Waals surface area contributed by atoms with E-state index in [0.717, 1.165) is 42.1 Å². The number of benzene rings is 2. The van der Waals surface area contributed by atoms with E-state index >= 15 is 0 Å². The monoisotopic (exact) mass is 299 g/mol. The summed E-state index contributed by atoms with van der Waals surface area (Å²) in [6.45, 7) is 0. The number of hydrogen-bond acceptors (Lipinski definition) is 3. The summed E-state index contributed by atoms with van der Waals surface area (Å²) in [5.41, 5.74) is -0.169. The van der Waals surface area contributed by atoms with Gasteiger partial charge < -0.3 is 0 Å². The molecule has 0 atom stereocenters. The molecule has 2 aromatic rings. The van der Waals surface area contributed by atoms with Gasteiger partial charge in [-0.3, -0.25) is 10.1 Å². The van der Waals surface area contributed by atoms with Gasteiger partial charge in [-0.05, 0) is 29.8 Å². The molecule has 2 aromatic carbocycles. The molecular formula is C13H8F3NO2S. The van der Waals surface area contributed by atoms with Crippen LogP contribution < -0.4 is 0 Å². The minimum absolute atomic E-state index is 0.101. The number of hydrogen-bond donors (Lipinski definition) is 0. The number of thioether (sulfide) groups is 1. The Morgan fingerprint density at radius 1 is 1.05 bits per heavy atom. The van der Waals surface area contributed by atoms with Crippen molar-refractivity contribution in [1.29, 1.82) is 0 Å². The van der Waals surface area contributed by atoms with Crippen LogP contribution in [-0.4, -0.2) is 4.92 Å². The largest absolute Gasteiger partial charge is 0.304 e. The Balaban J connectivity index is 2.13. The van der Waals surface area contributed by atoms with Crippen molar-refractivity contribution in [3.05, 3.63) is 69.5 Å². The van der Waals surface area contributed by atoms with Crippen LogP contribution in [0.3, 0.4) is 0 Å². The van der Waals surface area contributed by atoms with Crippen LogP contribution in [0.5, 0.6) is 0 Å². The molecule has 2 rings (SSSR count). The maximum Gasteiger partial charge on any atom is 0.304 e. The van der Waals surface area contributed by atoms with Crippen LogP contribution in [0.2, 0.25) is 0 Å². The number of nitro groups is 1. The van der Waals surface area contributed by atoms with Gasteiger partial charge in [-0.25, -0.2) is 8.78 Å². The van der Waals surface area contributed by atoms with Crippen LogP contribution in [0.4, 0.5) is 18.9 Å². The van der Waals surface area contributed by atoms with Crippen LogP contribution in [-0.2, 0) is 5.75 Å². The van der Waals surface area contributed by atoms with Gasteiger partial charge in [0.05, 0.1) is 4.92 Å². The Morgan fingerprint density at radius 3 is 2.45 bits per heavy atom. The average Bonchev–Trinajstić information content (AvgIpc) is 2.39. The van der Waals surface area contributed by atoms with E-state index < -0.39 is 28.1 Å². The van der Waals surface area contributed by atoms with Crippen molar-refractivity contribution in [2.45, 2.75) is 10.6 Å². The Kier molecular flexibility index (Phi) is 4.29. The smallest absolute Gasteiger partial charge is 0.258 e. The zero-order chi connectivity index (χ0) is 14.7. The highest BCUT2D eigenvalue weighted by Gasteiger charge is 2.14. The van der Waals surface area contributed by atoms with E-state index in [-0.39, 0.29) is 10.6 Å². The molecule has 104 valence electrons. The topological polar surface area (TPSA) is 43.1 Å². The third-order valence-corrected chi connectivity index (χ3v) is 3.60. The van der Waals surface area contributed by atoms with Gasteiger partial charge in [0, 0.05) is 16.7 Å². The number of rotatable bonds is 4. The molecule has 0 aliphatic carbocycles. The molecule has 0 unspecified atom stereocenters. The van der Waals surface area contributed by atoms with Crippen molar-refractivity contribution in [3.8, 4) is 0 Å². The average molecular weight is 299 g/mol. The first-order chi connectivity index (χ1) is 9.47. The van der Waals surface area contributed by atoms with Gasteiger partial charge in [-0.1, -0.05) is 6.07 Å². The standard InChI is InChI=1S/C13H8F3NO2S/c14-9-2-3-10(15)13(6-9)20-7-8-1-4-12(17(18)19)11(16)5-8/h1-6H,7H2. The quantitative estimate of drug-likeness (QED) is 0.480. The van der Waals surface area contributed by atoms with Gasteiger partial charge in [-0.15, -0.1) is 11.8 Å². The van der Waals surface area contributed by atoms with E-state index in [1.165, 1.54) is 6.07 Å². The first-order valence-electron chi connectivity index (χ1n) is 5.48. The van der Waals surface area contributed by atoms with E-state index in [1.54, 1.807) is 0 Å². The molecular weight excluding hydrogens is 291 g/mol. The fourth-order valence-electron chi connectivity index (χ4n) is 1.54. The number of nitro benzene ring substituents is 1. The molecule has 0 aliphatic rings. The second kappa shape index (κ2) is 5.96. The molecule has 0 N–H and O–H groups in total. The predicted molar refractivity (Wildman–Crippen MR) is 69.0 cm³/mol. The normalized spacial score (nSPS) is 10.6. The van der Waals surface area contributed by atoms with Gasteiger partial charge in [0.15, 0.2) is 0 Å². The van der Waals surface area contributed by atoms with Crippen molar-refractivity contribution in [3.63, 3.8) is 0 Å². The Labute approximate surface area is 116 Å². The number of halogens is 3. The predicted octanol–water partition coefficient (Wildman–Crippen LogP) is 4.30. The zero-order valence-corrected chi connectivity index (χ0v) is 10.8. The van der Waals surface area contributed by atoms with Crippen molar-refractivity contribution in [2.75, 3.05) is 0 Å². The fourth-order valence-corrected chi connectivity index (χ4v) is 2.44. The van der Waals surface area contributed by atoms with Gasteiger partial charge >= 0.3 is 5.69 Å². The minimum atomic E-state index is -0.951. The highest BCUT2D eigenvalue weighted by atomic mass is 32.2. The third kappa shape index (κ3) is 3.30. The third-order valence-electron chi connectivity index (χ3n) is 2.50. The second-order valence-electron chi connectivity index (χ2n) is 3.91. The van der Waals surface area contributed by atoms with Crippen molar-refractivity contribution >= 4 is 17.4 Å². The molecule has 20 heavy (non-hydrogen) atoms. The van der Waals surface area contributed by atoms with Crippen LogP contribution in [0.1, 0.15) is 5.56 Å². The summed E-state index contributed by atoms with van der Waals surface area (Å²) in [6, 6.07) is 6.50. The maximum absolute atomic E-state index is 13.4. The lowest BCUT2D eigenvalue weighted by atomic mass is 10.2. The first-order valence-corrected chi connectivity index (χ1v) is 6.46. The van der Waals surface area contributed by atoms with E-state index in [9.17, 15) is 23.3 Å². The minimum Gasteiger partial charge on any atom is -0.258 e. The highest BCUT2D eigenvalue weighted by Crippen LogP contribution is 2.27. The lowest BCUT2D eigenvalue weighted by Crippen LogP contribution is -1.94. The second-order valence-corrected chi connectivity index (χ2v) is 4.92. The van der Waals surface area contributed by atoms with E-state index in [1.807, 2.05) is 0 Å². The fraction of sp³-hybridized carbons (Fsp3) is 0.0769. The SMILES string of the molecule is O=[N+]([O-])c1ccc(CSc2cc(F)ccc2F)cc1F. The Bertz CT molecular complexity index is 664. The molecule has 0 heterocycles. The van der Waals surface area contributed by atoms with Crippen LogP contribution in [0.25, 0.3) is 0 Å². The van der Waals surface area contributed by atoms with Gasteiger partial charge in [0.25, 0.3) is 0 Å². The summed E-state index contributed by atoms with van der Waals surface area (Å²) < 4.78 is 39.7. The molecule has 3 nitrogen and oxygen atoms in total. The molecule has 0 aliphatic heterocycles. The maximum atomic E-state index is 13.4. The molecule has 0 spiro atoms. The van der Waals surface area contributed by atoms with Crippen LogP contribution >= 0.6 is 11.8 Å². The number of nitrogens with zero attached hydrogens (tertiary/aromatic N) is 1. The molecule has 7 heteroatoms. The van der Waals surface area contributed by atoms with E-state index in [0.29, 0.717) is 5.56 Å². The van der Waals surface area contributed by atoms with Crippen molar-refractivity contribution in [2.24, 2.45) is 0 Å². The lowest BCUT2D eigenvalue weighted by Gasteiger charge is -2.04. The molecule has 0 bridgehead atoms. The van der Waals surface area contributed by atoms with E-state index in [2.05, 4.69) is 0 Å². The summed E-state index contributed by atoms with van der Waals surface area (Å²) >= 11 is 0.986. The summed E-state index contributed by atoms with van der Waals surface area (Å²) in [5.74, 6) is -1.91. The molecule has 0 fully saturated rings. The van der Waals surface area contributed by atoms with Crippen LogP contribution in [0.15, 0.2) is 41.3 Å². The summed E-state index contributed by atoms with van der Waals surface area (Å²) in [6.07, 6.45) is 0. The summed E-state index contributed by atoms with van der Waals surface area (Å²) in [7, 11) is 0. The molecule has 0 radical (unpaired) electrons. The van der Waals surface area contributed by atoms with Gasteiger partial charge in [0.2, 0.25) is 5.82 Å². The van der Waals surface area contributed by atoms with Crippen molar-refractivity contribution < 1.29 is 18.1 Å². The Hall–Kier alpha value is -2.02. The van der Waals surface area contributed by atoms with E-state index in [4.69, 9.17) is 0 Å². The molecule has 0 aromatic heterocycles. The highest BCUT2D eigenvalue weighted by molar-refractivity contribution is 7.98. The lowest BCUT2D eigenvalue weighted by molar-refractivity contribution is -0.387. The van der Waals surface area contributed by atoms with Crippen LogP contribution in [0, 0.1) is 27.6 Å². The Morgan fingerprint density at radius 2 is 1.80 bits per heavy atom. The first kappa shape index (κ1) is 14.4.